The van der Waals surface area contributed by atoms with Crippen molar-refractivity contribution in [3.63, 3.8) is 0 Å². The molecule has 0 radical (unpaired) electrons. The van der Waals surface area contributed by atoms with E-state index in [0.717, 1.165) is 19.3 Å². The zero-order chi connectivity index (χ0) is 12.1. The summed E-state index contributed by atoms with van der Waals surface area (Å²) in [4.78, 5) is 0. The van der Waals surface area contributed by atoms with Crippen LogP contribution in [0.3, 0.4) is 0 Å². The smallest absolute Gasteiger partial charge is 0.0749 e. The molecule has 92 valence electrons. The molecule has 1 aromatic carbocycles. The zero-order valence-electron chi connectivity index (χ0n) is 10.00. The minimum absolute atomic E-state index is 0.360. The monoisotopic (exact) mass is 232 g/mol. The van der Waals surface area contributed by atoms with Gasteiger partial charge in [0.2, 0.25) is 0 Å². The van der Waals surface area contributed by atoms with Crippen LogP contribution in [0.4, 0.5) is 0 Å². The quantitative estimate of drug-likeness (QED) is 0.739. The molecule has 2 nitrogen and oxygen atoms in total. The SMILES string of the molecule is O[C@@H](/C=C\[C@H](O)C1CC1)CCc1ccccc1. The second-order valence-electron chi connectivity index (χ2n) is 4.80. The van der Waals surface area contributed by atoms with E-state index in [-0.39, 0.29) is 6.10 Å². The van der Waals surface area contributed by atoms with Gasteiger partial charge in [-0.15, -0.1) is 0 Å². The summed E-state index contributed by atoms with van der Waals surface area (Å²) in [7, 11) is 0. The van der Waals surface area contributed by atoms with Gasteiger partial charge in [-0.3, -0.25) is 0 Å². The van der Waals surface area contributed by atoms with Crippen molar-refractivity contribution >= 4 is 0 Å². The molecular formula is C15H20O2. The van der Waals surface area contributed by atoms with Crippen LogP contribution in [-0.2, 0) is 6.42 Å². The van der Waals surface area contributed by atoms with Crippen molar-refractivity contribution in [2.75, 3.05) is 0 Å². The van der Waals surface area contributed by atoms with E-state index in [9.17, 15) is 10.2 Å². The van der Waals surface area contributed by atoms with E-state index in [0.29, 0.717) is 12.3 Å². The lowest BCUT2D eigenvalue weighted by Gasteiger charge is -2.07. The summed E-state index contributed by atoms with van der Waals surface area (Å²) in [5.74, 6) is 0.438. The van der Waals surface area contributed by atoms with Crippen molar-refractivity contribution in [3.05, 3.63) is 48.0 Å². The lowest BCUT2D eigenvalue weighted by Crippen LogP contribution is -2.09. The second-order valence-corrected chi connectivity index (χ2v) is 4.80. The van der Waals surface area contributed by atoms with E-state index in [1.165, 1.54) is 5.56 Å². The molecule has 1 aliphatic rings. The summed E-state index contributed by atoms with van der Waals surface area (Å²) < 4.78 is 0. The third-order valence-electron chi connectivity index (χ3n) is 3.21. The number of benzene rings is 1. The average molecular weight is 232 g/mol. The van der Waals surface area contributed by atoms with Gasteiger partial charge >= 0.3 is 0 Å². The van der Waals surface area contributed by atoms with Gasteiger partial charge in [-0.05, 0) is 37.2 Å². The maximum Gasteiger partial charge on any atom is 0.0749 e. The molecule has 2 heteroatoms. The highest BCUT2D eigenvalue weighted by Gasteiger charge is 2.27. The Morgan fingerprint density at radius 3 is 2.47 bits per heavy atom. The van der Waals surface area contributed by atoms with E-state index >= 15 is 0 Å². The summed E-state index contributed by atoms with van der Waals surface area (Å²) in [5.41, 5.74) is 1.24. The lowest BCUT2D eigenvalue weighted by molar-refractivity contribution is 0.189. The molecule has 0 saturated heterocycles. The molecule has 17 heavy (non-hydrogen) atoms. The number of aliphatic hydroxyl groups excluding tert-OH is 2. The number of hydrogen-bond acceptors (Lipinski definition) is 2. The van der Waals surface area contributed by atoms with Crippen molar-refractivity contribution in [2.24, 2.45) is 5.92 Å². The Morgan fingerprint density at radius 1 is 1.12 bits per heavy atom. The normalized spacial score (nSPS) is 19.4. The fourth-order valence-corrected chi connectivity index (χ4v) is 1.89. The molecule has 0 amide bonds. The highest BCUT2D eigenvalue weighted by molar-refractivity contribution is 5.15. The summed E-state index contributed by atoms with van der Waals surface area (Å²) in [5, 5.41) is 19.4. The third-order valence-corrected chi connectivity index (χ3v) is 3.21. The Bertz CT molecular complexity index is 354. The zero-order valence-corrected chi connectivity index (χ0v) is 10.00. The standard InChI is InChI=1S/C15H20O2/c16-14(10-11-15(17)13-7-8-13)9-6-12-4-2-1-3-5-12/h1-5,10-11,13-17H,6-9H2/b11-10-/t14-,15+/m1/s1. The second kappa shape index (κ2) is 5.99. The molecule has 2 atom stereocenters. The van der Waals surface area contributed by atoms with Crippen LogP contribution >= 0.6 is 0 Å². The van der Waals surface area contributed by atoms with Gasteiger partial charge in [0, 0.05) is 0 Å². The minimum Gasteiger partial charge on any atom is -0.389 e. The van der Waals surface area contributed by atoms with E-state index in [2.05, 4.69) is 12.1 Å². The Morgan fingerprint density at radius 2 is 1.82 bits per heavy atom. The highest BCUT2D eigenvalue weighted by Crippen LogP contribution is 2.33. The fourth-order valence-electron chi connectivity index (χ4n) is 1.89. The van der Waals surface area contributed by atoms with Gasteiger partial charge in [-0.2, -0.15) is 0 Å². The van der Waals surface area contributed by atoms with Gasteiger partial charge in [0.25, 0.3) is 0 Å². The van der Waals surface area contributed by atoms with Gasteiger partial charge in [0.1, 0.15) is 0 Å². The number of aryl methyl sites for hydroxylation is 1. The summed E-state index contributed by atoms with van der Waals surface area (Å²) >= 11 is 0. The van der Waals surface area contributed by atoms with Crippen LogP contribution in [0.15, 0.2) is 42.5 Å². The first kappa shape index (κ1) is 12.3. The fraction of sp³-hybridized carbons (Fsp3) is 0.467. The van der Waals surface area contributed by atoms with Crippen LogP contribution < -0.4 is 0 Å². The van der Waals surface area contributed by atoms with Crippen molar-refractivity contribution in [1.29, 1.82) is 0 Å². The molecule has 0 bridgehead atoms. The molecule has 1 aliphatic carbocycles. The van der Waals surface area contributed by atoms with Crippen LogP contribution in [0.5, 0.6) is 0 Å². The Labute approximate surface area is 103 Å². The molecule has 0 heterocycles. The van der Waals surface area contributed by atoms with Crippen molar-refractivity contribution in [2.45, 2.75) is 37.9 Å². The van der Waals surface area contributed by atoms with Gasteiger partial charge in [0.15, 0.2) is 0 Å². The Hall–Kier alpha value is -1.12. The van der Waals surface area contributed by atoms with E-state index in [4.69, 9.17) is 0 Å². The maximum atomic E-state index is 9.76. The van der Waals surface area contributed by atoms with Crippen LogP contribution in [0.25, 0.3) is 0 Å². The largest absolute Gasteiger partial charge is 0.389 e. The molecule has 2 N–H and O–H groups in total. The molecule has 1 saturated carbocycles. The Kier molecular flexibility index (Phi) is 4.35. The average Bonchev–Trinajstić information content (AvgIpc) is 3.19. The molecule has 1 aromatic rings. The van der Waals surface area contributed by atoms with Gasteiger partial charge in [-0.1, -0.05) is 42.5 Å². The lowest BCUT2D eigenvalue weighted by atomic mass is 10.1. The van der Waals surface area contributed by atoms with Crippen LogP contribution in [0.2, 0.25) is 0 Å². The number of rotatable bonds is 6. The number of hydrogen-bond donors (Lipinski definition) is 2. The highest BCUT2D eigenvalue weighted by atomic mass is 16.3. The Balaban J connectivity index is 1.71. The maximum absolute atomic E-state index is 9.76. The van der Waals surface area contributed by atoms with E-state index in [1.54, 1.807) is 12.2 Å². The van der Waals surface area contributed by atoms with E-state index in [1.807, 2.05) is 18.2 Å². The van der Waals surface area contributed by atoms with Crippen molar-refractivity contribution in [3.8, 4) is 0 Å². The summed E-state index contributed by atoms with van der Waals surface area (Å²) in [6.45, 7) is 0. The predicted octanol–water partition coefficient (Wildman–Crippen LogP) is 2.31. The third kappa shape index (κ3) is 4.33. The molecule has 0 unspecified atom stereocenters. The van der Waals surface area contributed by atoms with Crippen LogP contribution in [-0.4, -0.2) is 22.4 Å². The molecule has 1 fully saturated rings. The first-order chi connectivity index (χ1) is 8.25. The molecule has 0 spiro atoms. The van der Waals surface area contributed by atoms with Gasteiger partial charge in [-0.25, -0.2) is 0 Å². The predicted molar refractivity (Wildman–Crippen MR) is 68.6 cm³/mol. The summed E-state index contributed by atoms with van der Waals surface area (Å²) in [6.07, 6.45) is 6.46. The molecular weight excluding hydrogens is 212 g/mol. The first-order valence-corrected chi connectivity index (χ1v) is 6.34. The molecule has 0 aromatic heterocycles. The first-order valence-electron chi connectivity index (χ1n) is 6.34. The van der Waals surface area contributed by atoms with Crippen LogP contribution in [0.1, 0.15) is 24.8 Å². The van der Waals surface area contributed by atoms with Crippen molar-refractivity contribution in [1.82, 2.24) is 0 Å². The van der Waals surface area contributed by atoms with Crippen LogP contribution in [0, 0.1) is 5.92 Å². The van der Waals surface area contributed by atoms with Gasteiger partial charge < -0.3 is 10.2 Å². The summed E-state index contributed by atoms with van der Waals surface area (Å²) in [6, 6.07) is 10.1. The van der Waals surface area contributed by atoms with Gasteiger partial charge in [0.05, 0.1) is 12.2 Å². The van der Waals surface area contributed by atoms with E-state index < -0.39 is 6.10 Å². The van der Waals surface area contributed by atoms with Crippen molar-refractivity contribution < 1.29 is 10.2 Å². The minimum atomic E-state index is -0.455. The topological polar surface area (TPSA) is 40.5 Å². The number of aliphatic hydroxyl groups is 2. The molecule has 0 aliphatic heterocycles. The molecule has 2 rings (SSSR count).